The molecule has 86 valence electrons. The van der Waals surface area contributed by atoms with E-state index in [9.17, 15) is 9.90 Å². The van der Waals surface area contributed by atoms with Crippen molar-refractivity contribution in [1.29, 1.82) is 0 Å². The molecule has 1 aliphatic heterocycles. The fraction of sp³-hybridized carbons (Fsp3) is 0.917. The normalized spacial score (nSPS) is 34.5. The minimum absolute atomic E-state index is 0.429. The standard InChI is InChI=1S/C12H21NO2/c1-9-3-2-4-10(5-9)6-12(11(14)15)7-13-8-12/h9-10,13H,2-8H2,1H3,(H,14,15). The van der Waals surface area contributed by atoms with Crippen LogP contribution in [0.2, 0.25) is 0 Å². The molecule has 3 heteroatoms. The second kappa shape index (κ2) is 4.12. The van der Waals surface area contributed by atoms with Gasteiger partial charge in [-0.1, -0.05) is 26.2 Å². The maximum absolute atomic E-state index is 11.2. The number of nitrogens with one attached hydrogen (secondary N) is 1. The van der Waals surface area contributed by atoms with Crippen molar-refractivity contribution in [2.75, 3.05) is 13.1 Å². The van der Waals surface area contributed by atoms with Gasteiger partial charge in [-0.05, 0) is 24.7 Å². The first kappa shape index (κ1) is 10.9. The molecule has 0 radical (unpaired) electrons. The minimum Gasteiger partial charge on any atom is -0.481 e. The van der Waals surface area contributed by atoms with Gasteiger partial charge in [-0.15, -0.1) is 0 Å². The lowest BCUT2D eigenvalue weighted by molar-refractivity contribution is -0.154. The molecular weight excluding hydrogens is 190 g/mol. The molecule has 3 nitrogen and oxygen atoms in total. The Morgan fingerprint density at radius 1 is 1.47 bits per heavy atom. The Bertz CT molecular complexity index is 248. The molecule has 2 atom stereocenters. The highest BCUT2D eigenvalue weighted by Crippen LogP contribution is 2.39. The van der Waals surface area contributed by atoms with E-state index < -0.39 is 11.4 Å². The molecule has 2 fully saturated rings. The van der Waals surface area contributed by atoms with Crippen LogP contribution in [0.3, 0.4) is 0 Å². The van der Waals surface area contributed by atoms with Gasteiger partial charge in [0.15, 0.2) is 0 Å². The Hall–Kier alpha value is -0.570. The molecule has 2 unspecified atom stereocenters. The predicted molar refractivity (Wildman–Crippen MR) is 58.7 cm³/mol. The van der Waals surface area contributed by atoms with Crippen LogP contribution in [0.1, 0.15) is 39.0 Å². The fourth-order valence-electron chi connectivity index (χ4n) is 3.11. The molecule has 2 rings (SSSR count). The molecule has 0 aromatic rings. The van der Waals surface area contributed by atoms with Crippen molar-refractivity contribution in [3.05, 3.63) is 0 Å². The molecule has 15 heavy (non-hydrogen) atoms. The largest absolute Gasteiger partial charge is 0.481 e. The van der Waals surface area contributed by atoms with Crippen molar-refractivity contribution >= 4 is 5.97 Å². The van der Waals surface area contributed by atoms with Gasteiger partial charge in [-0.25, -0.2) is 0 Å². The average Bonchev–Trinajstić information content (AvgIpc) is 2.11. The number of carboxylic acid groups (broad SMARTS) is 1. The van der Waals surface area contributed by atoms with Gasteiger partial charge in [0, 0.05) is 13.1 Å². The maximum atomic E-state index is 11.2. The molecule has 1 saturated heterocycles. The van der Waals surface area contributed by atoms with Crippen molar-refractivity contribution in [2.45, 2.75) is 39.0 Å². The summed E-state index contributed by atoms with van der Waals surface area (Å²) in [4.78, 5) is 11.2. The second-order valence-electron chi connectivity index (χ2n) is 5.53. The number of carboxylic acids is 1. The zero-order valence-corrected chi connectivity index (χ0v) is 9.46. The SMILES string of the molecule is CC1CCCC(CC2(C(=O)O)CNC2)C1. The third-order valence-electron chi connectivity index (χ3n) is 4.10. The smallest absolute Gasteiger partial charge is 0.312 e. The van der Waals surface area contributed by atoms with Crippen molar-refractivity contribution in [2.24, 2.45) is 17.3 Å². The molecule has 2 N–H and O–H groups in total. The van der Waals surface area contributed by atoms with E-state index in [0.717, 1.165) is 12.3 Å². The molecular formula is C12H21NO2. The fourth-order valence-corrected chi connectivity index (χ4v) is 3.11. The monoisotopic (exact) mass is 211 g/mol. The van der Waals surface area contributed by atoms with Crippen molar-refractivity contribution in [3.63, 3.8) is 0 Å². The van der Waals surface area contributed by atoms with E-state index >= 15 is 0 Å². The van der Waals surface area contributed by atoms with Crippen LogP contribution in [-0.4, -0.2) is 24.2 Å². The van der Waals surface area contributed by atoms with Gasteiger partial charge in [0.05, 0.1) is 5.41 Å². The number of carbonyl (C=O) groups is 1. The first-order chi connectivity index (χ1) is 7.12. The molecule has 0 aromatic carbocycles. The van der Waals surface area contributed by atoms with Crippen molar-refractivity contribution in [3.8, 4) is 0 Å². The zero-order valence-electron chi connectivity index (χ0n) is 9.46. The van der Waals surface area contributed by atoms with Gasteiger partial charge >= 0.3 is 5.97 Å². The molecule has 2 aliphatic rings. The summed E-state index contributed by atoms with van der Waals surface area (Å²) in [6, 6.07) is 0. The van der Waals surface area contributed by atoms with E-state index in [0.29, 0.717) is 19.0 Å². The van der Waals surface area contributed by atoms with Crippen molar-refractivity contribution < 1.29 is 9.90 Å². The van der Waals surface area contributed by atoms with E-state index in [-0.39, 0.29) is 0 Å². The summed E-state index contributed by atoms with van der Waals surface area (Å²) < 4.78 is 0. The summed E-state index contributed by atoms with van der Waals surface area (Å²) in [6.45, 7) is 3.64. The average molecular weight is 211 g/mol. The van der Waals surface area contributed by atoms with Gasteiger partial charge in [0.2, 0.25) is 0 Å². The van der Waals surface area contributed by atoms with E-state index in [4.69, 9.17) is 0 Å². The number of rotatable bonds is 3. The van der Waals surface area contributed by atoms with Crippen LogP contribution in [0, 0.1) is 17.3 Å². The zero-order chi connectivity index (χ0) is 10.9. The molecule has 0 amide bonds. The van der Waals surface area contributed by atoms with Gasteiger partial charge < -0.3 is 10.4 Å². The Morgan fingerprint density at radius 2 is 2.20 bits per heavy atom. The second-order valence-corrected chi connectivity index (χ2v) is 5.53. The van der Waals surface area contributed by atoms with Gasteiger partial charge in [0.1, 0.15) is 0 Å². The molecule has 1 saturated carbocycles. The molecule has 1 aliphatic carbocycles. The topological polar surface area (TPSA) is 49.3 Å². The van der Waals surface area contributed by atoms with E-state index in [1.807, 2.05) is 0 Å². The maximum Gasteiger partial charge on any atom is 0.312 e. The molecule has 0 spiro atoms. The summed E-state index contributed by atoms with van der Waals surface area (Å²) in [6.07, 6.45) is 5.97. The summed E-state index contributed by atoms with van der Waals surface area (Å²) in [5, 5.41) is 12.3. The van der Waals surface area contributed by atoms with Crippen LogP contribution in [0.15, 0.2) is 0 Å². The molecule has 1 heterocycles. The number of hydrogen-bond acceptors (Lipinski definition) is 2. The van der Waals surface area contributed by atoms with E-state index in [1.165, 1.54) is 25.7 Å². The third kappa shape index (κ3) is 2.17. The quantitative estimate of drug-likeness (QED) is 0.749. The lowest BCUT2D eigenvalue weighted by atomic mass is 9.69. The lowest BCUT2D eigenvalue weighted by Crippen LogP contribution is -2.59. The highest BCUT2D eigenvalue weighted by atomic mass is 16.4. The third-order valence-corrected chi connectivity index (χ3v) is 4.10. The summed E-state index contributed by atoms with van der Waals surface area (Å²) >= 11 is 0. The number of hydrogen-bond donors (Lipinski definition) is 2. The Kier molecular flexibility index (Phi) is 3.01. The highest BCUT2D eigenvalue weighted by molar-refractivity contribution is 5.76. The Labute approximate surface area is 91.2 Å². The Morgan fingerprint density at radius 3 is 2.67 bits per heavy atom. The minimum atomic E-state index is -0.598. The van der Waals surface area contributed by atoms with Crippen LogP contribution in [0.4, 0.5) is 0 Å². The first-order valence-corrected chi connectivity index (χ1v) is 6.06. The lowest BCUT2D eigenvalue weighted by Gasteiger charge is -2.42. The predicted octanol–water partition coefficient (Wildman–Crippen LogP) is 1.88. The van der Waals surface area contributed by atoms with Crippen LogP contribution < -0.4 is 5.32 Å². The first-order valence-electron chi connectivity index (χ1n) is 6.06. The van der Waals surface area contributed by atoms with Crippen LogP contribution in [0.25, 0.3) is 0 Å². The number of aliphatic carboxylic acids is 1. The molecule has 0 bridgehead atoms. The van der Waals surface area contributed by atoms with Crippen LogP contribution in [0.5, 0.6) is 0 Å². The van der Waals surface area contributed by atoms with Crippen LogP contribution in [-0.2, 0) is 4.79 Å². The summed E-state index contributed by atoms with van der Waals surface area (Å²) in [7, 11) is 0. The summed E-state index contributed by atoms with van der Waals surface area (Å²) in [5.41, 5.74) is -0.429. The highest BCUT2D eigenvalue weighted by Gasteiger charge is 2.46. The molecule has 0 aromatic heterocycles. The summed E-state index contributed by atoms with van der Waals surface area (Å²) in [5.74, 6) is 0.842. The van der Waals surface area contributed by atoms with Crippen molar-refractivity contribution in [1.82, 2.24) is 5.32 Å². The van der Waals surface area contributed by atoms with E-state index in [2.05, 4.69) is 12.2 Å². The Balaban J connectivity index is 1.92. The van der Waals surface area contributed by atoms with Gasteiger partial charge in [-0.3, -0.25) is 4.79 Å². The van der Waals surface area contributed by atoms with Crippen LogP contribution >= 0.6 is 0 Å². The van der Waals surface area contributed by atoms with Gasteiger partial charge in [-0.2, -0.15) is 0 Å². The van der Waals surface area contributed by atoms with Gasteiger partial charge in [0.25, 0.3) is 0 Å². The van der Waals surface area contributed by atoms with E-state index in [1.54, 1.807) is 0 Å².